The zero-order valence-corrected chi connectivity index (χ0v) is 29.2. The Morgan fingerprint density at radius 1 is 0.472 bits per heavy atom. The summed E-state index contributed by atoms with van der Waals surface area (Å²) in [7, 11) is 0. The van der Waals surface area contributed by atoms with Crippen LogP contribution in [0, 0.1) is 11.3 Å². The Morgan fingerprint density at radius 2 is 1.19 bits per heavy atom. The van der Waals surface area contributed by atoms with Gasteiger partial charge >= 0.3 is 0 Å². The van der Waals surface area contributed by atoms with Crippen molar-refractivity contribution in [3.05, 3.63) is 175 Å². The maximum absolute atomic E-state index is 9.92. The fourth-order valence-electron chi connectivity index (χ4n) is 8.24. The van der Waals surface area contributed by atoms with E-state index in [4.69, 9.17) is 4.42 Å². The molecule has 8 aromatic carbocycles. The third-order valence-corrected chi connectivity index (χ3v) is 11.8. The van der Waals surface area contributed by atoms with Crippen LogP contribution in [-0.4, -0.2) is 4.57 Å². The molecule has 0 fully saturated rings. The maximum Gasteiger partial charge on any atom is 0.160 e. The Kier molecular flexibility index (Phi) is 6.48. The molecule has 0 amide bonds. The minimum atomic E-state index is 0.665. The largest absolute Gasteiger partial charge is 0.454 e. The minimum Gasteiger partial charge on any atom is -0.454 e. The Hall–Kier alpha value is -6.93. The average molecular weight is 693 g/mol. The fraction of sp³-hybridized carbons (Fsp3) is 0. The quantitative estimate of drug-likeness (QED) is 0.184. The van der Waals surface area contributed by atoms with E-state index in [0.29, 0.717) is 5.56 Å². The molecular weight excluding hydrogens is 665 g/mol. The van der Waals surface area contributed by atoms with E-state index >= 15 is 0 Å². The number of thiophene rings is 1. The van der Waals surface area contributed by atoms with E-state index in [2.05, 4.69) is 150 Å². The number of fused-ring (bicyclic) bond motifs is 10. The number of nitrogens with zero attached hydrogens (tertiary/aromatic N) is 2. The van der Waals surface area contributed by atoms with Gasteiger partial charge in [0.25, 0.3) is 0 Å². The van der Waals surface area contributed by atoms with Crippen LogP contribution in [-0.2, 0) is 0 Å². The predicted octanol–water partition coefficient (Wildman–Crippen LogP) is 13.9. The van der Waals surface area contributed by atoms with Gasteiger partial charge in [0, 0.05) is 47.4 Å². The van der Waals surface area contributed by atoms with Crippen LogP contribution >= 0.6 is 11.3 Å². The number of aromatic nitrogens is 1. The molecule has 0 radical (unpaired) electrons. The summed E-state index contributed by atoms with van der Waals surface area (Å²) in [6.07, 6.45) is 0. The van der Waals surface area contributed by atoms with Crippen molar-refractivity contribution in [2.24, 2.45) is 0 Å². The van der Waals surface area contributed by atoms with Gasteiger partial charge in [0.1, 0.15) is 5.58 Å². The molecule has 0 aliphatic heterocycles. The summed E-state index contributed by atoms with van der Waals surface area (Å²) in [4.78, 5) is 0. The molecule has 3 heterocycles. The van der Waals surface area contributed by atoms with Gasteiger partial charge in [-0.3, -0.25) is 0 Å². The smallest absolute Gasteiger partial charge is 0.160 e. The number of benzene rings is 8. The molecule has 53 heavy (non-hydrogen) atoms. The van der Waals surface area contributed by atoms with Crippen molar-refractivity contribution in [3.63, 3.8) is 0 Å². The summed E-state index contributed by atoms with van der Waals surface area (Å²) in [5.41, 5.74) is 12.1. The Morgan fingerprint density at radius 3 is 2.09 bits per heavy atom. The molecule has 0 bridgehead atoms. The van der Waals surface area contributed by atoms with Crippen molar-refractivity contribution in [2.45, 2.75) is 0 Å². The lowest BCUT2D eigenvalue weighted by Gasteiger charge is -2.16. The highest BCUT2D eigenvalue weighted by Gasteiger charge is 2.21. The normalized spacial score (nSPS) is 11.8. The van der Waals surface area contributed by atoms with E-state index in [9.17, 15) is 5.26 Å². The number of hydrogen-bond donors (Lipinski definition) is 0. The third kappa shape index (κ3) is 4.52. The summed E-state index contributed by atoms with van der Waals surface area (Å²) in [5, 5.41) is 17.0. The summed E-state index contributed by atoms with van der Waals surface area (Å²) in [5.74, 6) is 0. The molecule has 0 aliphatic rings. The monoisotopic (exact) mass is 692 g/mol. The van der Waals surface area contributed by atoms with Gasteiger partial charge in [0.15, 0.2) is 5.58 Å². The van der Waals surface area contributed by atoms with Crippen LogP contribution in [0.4, 0.5) is 0 Å². The molecule has 246 valence electrons. The Balaban J connectivity index is 1.21. The lowest BCUT2D eigenvalue weighted by molar-refractivity contribution is 0.671. The number of furan rings is 1. The molecule has 11 rings (SSSR count). The molecule has 0 saturated heterocycles. The molecule has 4 heteroatoms. The van der Waals surface area contributed by atoms with Crippen LogP contribution in [0.3, 0.4) is 0 Å². The number of rotatable bonds is 4. The van der Waals surface area contributed by atoms with Crippen molar-refractivity contribution in [2.75, 3.05) is 0 Å². The average Bonchev–Trinajstić information content (AvgIpc) is 3.90. The molecule has 11 aromatic rings. The van der Waals surface area contributed by atoms with Gasteiger partial charge in [-0.1, -0.05) is 109 Å². The lowest BCUT2D eigenvalue weighted by Crippen LogP contribution is -1.96. The molecule has 3 nitrogen and oxygen atoms in total. The van der Waals surface area contributed by atoms with E-state index in [1.165, 1.54) is 25.6 Å². The molecule has 0 spiro atoms. The van der Waals surface area contributed by atoms with Crippen LogP contribution in [0.25, 0.3) is 103 Å². The summed E-state index contributed by atoms with van der Waals surface area (Å²) in [6.45, 7) is 0. The standard InChI is InChI=1S/C49H28N2OS/c50-29-33-10-1-2-13-35(33)30-11-9-12-31(26-30)36-22-21-34(28-42(36)32-20-25-47-43(27-32)39-16-5-8-19-46(39)53-47)51-44-17-6-3-14-37(44)40-23-24-41-38-15-4-7-18-45(38)52-49(41)48(40)51/h1-28H. The molecule has 0 atom stereocenters. The fourth-order valence-corrected chi connectivity index (χ4v) is 9.33. The SMILES string of the molecule is N#Cc1ccccc1-c1cccc(-c2ccc(-n3c4ccccc4c4ccc5c6ccccc6oc5c43)cc2-c2ccc3sc4ccccc4c3c2)c1. The number of nitriles is 1. The van der Waals surface area contributed by atoms with Gasteiger partial charge in [-0.15, -0.1) is 11.3 Å². The first kappa shape index (κ1) is 29.8. The third-order valence-electron chi connectivity index (χ3n) is 10.7. The molecule has 0 unspecified atom stereocenters. The first-order valence-electron chi connectivity index (χ1n) is 17.7. The van der Waals surface area contributed by atoms with E-state index < -0.39 is 0 Å². The van der Waals surface area contributed by atoms with Gasteiger partial charge in [-0.2, -0.15) is 5.26 Å². The van der Waals surface area contributed by atoms with Gasteiger partial charge in [-0.25, -0.2) is 0 Å². The highest BCUT2D eigenvalue weighted by atomic mass is 32.1. The van der Waals surface area contributed by atoms with Crippen LogP contribution < -0.4 is 0 Å². The molecule has 0 aliphatic carbocycles. The highest BCUT2D eigenvalue weighted by Crippen LogP contribution is 2.44. The lowest BCUT2D eigenvalue weighted by atomic mass is 9.91. The first-order valence-corrected chi connectivity index (χ1v) is 18.5. The van der Waals surface area contributed by atoms with Crippen molar-refractivity contribution >= 4 is 75.3 Å². The second-order valence-electron chi connectivity index (χ2n) is 13.6. The van der Waals surface area contributed by atoms with Gasteiger partial charge in [0.05, 0.1) is 22.7 Å². The van der Waals surface area contributed by atoms with Crippen molar-refractivity contribution in [3.8, 4) is 45.1 Å². The summed E-state index contributed by atoms with van der Waals surface area (Å²) >= 11 is 1.83. The first-order chi connectivity index (χ1) is 26.2. The molecule has 3 aromatic heterocycles. The predicted molar refractivity (Wildman–Crippen MR) is 222 cm³/mol. The highest BCUT2D eigenvalue weighted by molar-refractivity contribution is 7.25. The van der Waals surface area contributed by atoms with E-state index in [1.807, 2.05) is 41.7 Å². The van der Waals surface area contributed by atoms with E-state index in [1.54, 1.807) is 0 Å². The van der Waals surface area contributed by atoms with Gasteiger partial charge in [-0.05, 0) is 94.0 Å². The Labute approximate surface area is 308 Å². The van der Waals surface area contributed by atoms with Gasteiger partial charge < -0.3 is 8.98 Å². The molecule has 0 N–H and O–H groups in total. The summed E-state index contributed by atoms with van der Waals surface area (Å²) < 4.78 is 11.6. The summed E-state index contributed by atoms with van der Waals surface area (Å²) in [6, 6.07) is 62.5. The van der Waals surface area contributed by atoms with Crippen LogP contribution in [0.2, 0.25) is 0 Å². The van der Waals surface area contributed by atoms with Crippen molar-refractivity contribution in [1.29, 1.82) is 5.26 Å². The Bertz CT molecular complexity index is 3320. The zero-order chi connectivity index (χ0) is 35.0. The molecular formula is C49H28N2OS. The second-order valence-corrected chi connectivity index (χ2v) is 14.7. The van der Waals surface area contributed by atoms with Crippen LogP contribution in [0.15, 0.2) is 174 Å². The van der Waals surface area contributed by atoms with E-state index in [0.717, 1.165) is 77.4 Å². The topological polar surface area (TPSA) is 41.9 Å². The second kappa shape index (κ2) is 11.5. The minimum absolute atomic E-state index is 0.665. The molecule has 0 saturated carbocycles. The van der Waals surface area contributed by atoms with E-state index in [-0.39, 0.29) is 0 Å². The van der Waals surface area contributed by atoms with Crippen LogP contribution in [0.1, 0.15) is 5.56 Å². The van der Waals surface area contributed by atoms with Crippen LogP contribution in [0.5, 0.6) is 0 Å². The van der Waals surface area contributed by atoms with Crippen molar-refractivity contribution in [1.82, 2.24) is 4.57 Å². The van der Waals surface area contributed by atoms with Gasteiger partial charge in [0.2, 0.25) is 0 Å². The number of para-hydroxylation sites is 2. The maximum atomic E-state index is 9.92. The van der Waals surface area contributed by atoms with Crippen molar-refractivity contribution < 1.29 is 4.42 Å². The number of hydrogen-bond acceptors (Lipinski definition) is 3. The zero-order valence-electron chi connectivity index (χ0n) is 28.4.